The van der Waals surface area contributed by atoms with Crippen LogP contribution in [0.4, 0.5) is 0 Å². The van der Waals surface area contributed by atoms with Crippen LogP contribution in [0.25, 0.3) is 10.9 Å². The molecule has 0 radical (unpaired) electrons. The second-order valence-electron chi connectivity index (χ2n) is 7.63. The van der Waals surface area contributed by atoms with E-state index >= 15 is 0 Å². The molecule has 0 spiro atoms. The number of benzene rings is 2. The molecule has 196 valence electrons. The van der Waals surface area contributed by atoms with Gasteiger partial charge < -0.3 is 25.3 Å². The van der Waals surface area contributed by atoms with Crippen molar-refractivity contribution in [2.45, 2.75) is 27.2 Å². The number of fused-ring (bicyclic) bond motifs is 1. The Balaban J connectivity index is 0.00000222. The summed E-state index contributed by atoms with van der Waals surface area (Å²) in [6, 6.07) is 12.2. The molecule has 9 heteroatoms. The molecule has 0 fully saturated rings. The van der Waals surface area contributed by atoms with Gasteiger partial charge in [-0.25, -0.2) is 0 Å². The minimum absolute atomic E-state index is 0.121. The molecule has 0 atom stereocenters. The topological polar surface area (TPSA) is 105 Å². The molecular weight excluding hydrogens is 482 g/mol. The maximum absolute atomic E-state index is 13.3. The lowest BCUT2D eigenvalue weighted by molar-refractivity contribution is -0.120. The van der Waals surface area contributed by atoms with E-state index in [-0.39, 0.29) is 18.2 Å². The highest BCUT2D eigenvalue weighted by atomic mass is 35.5. The van der Waals surface area contributed by atoms with Gasteiger partial charge in [-0.3, -0.25) is 14.2 Å². The smallest absolute Gasteiger partial charge is 0.262 e. The fourth-order valence-corrected chi connectivity index (χ4v) is 3.81. The van der Waals surface area contributed by atoms with E-state index in [0.29, 0.717) is 67.1 Å². The van der Waals surface area contributed by atoms with E-state index in [1.165, 1.54) is 0 Å². The van der Waals surface area contributed by atoms with Gasteiger partial charge in [0.25, 0.3) is 5.91 Å². The van der Waals surface area contributed by atoms with E-state index in [1.807, 2.05) is 32.9 Å². The van der Waals surface area contributed by atoms with E-state index in [0.717, 1.165) is 10.9 Å². The maximum atomic E-state index is 13.3. The zero-order valence-corrected chi connectivity index (χ0v) is 22.2. The van der Waals surface area contributed by atoms with Crippen molar-refractivity contribution in [3.05, 3.63) is 64.3 Å². The number of carbonyl (C=O) groups is 2. The number of amides is 1. The molecule has 0 bridgehead atoms. The van der Waals surface area contributed by atoms with Gasteiger partial charge in [0.1, 0.15) is 5.75 Å². The highest BCUT2D eigenvalue weighted by Gasteiger charge is 2.22. The van der Waals surface area contributed by atoms with Gasteiger partial charge in [0.05, 0.1) is 45.5 Å². The fraction of sp³-hybridized carbons (Fsp3) is 0.407. The van der Waals surface area contributed by atoms with Crippen molar-refractivity contribution >= 4 is 34.3 Å². The summed E-state index contributed by atoms with van der Waals surface area (Å²) in [5.74, 6) is 0.295. The first-order valence-electron chi connectivity index (χ1n) is 12.1. The van der Waals surface area contributed by atoms with Crippen LogP contribution in [0.5, 0.6) is 5.75 Å². The molecule has 1 heterocycles. The fourth-order valence-electron chi connectivity index (χ4n) is 3.69. The first-order valence-corrected chi connectivity index (χ1v) is 12.4. The van der Waals surface area contributed by atoms with E-state index in [1.54, 1.807) is 42.0 Å². The number of nitrogens with two attached hydrogens (primary N) is 1. The second kappa shape index (κ2) is 15.3. The Morgan fingerprint density at radius 1 is 1.00 bits per heavy atom. The van der Waals surface area contributed by atoms with Crippen LogP contribution >= 0.6 is 11.6 Å². The normalized spacial score (nSPS) is 10.6. The number of nitrogens with one attached hydrogen (secondary N) is 1. The maximum Gasteiger partial charge on any atom is 0.262 e. The number of aromatic nitrogens is 1. The first kappa shape index (κ1) is 29.3. The van der Waals surface area contributed by atoms with Gasteiger partial charge in [-0.05, 0) is 55.0 Å². The predicted octanol–water partition coefficient (Wildman–Crippen LogP) is 3.98. The first-order chi connectivity index (χ1) is 17.5. The number of hydrogen-bond acceptors (Lipinski definition) is 6. The van der Waals surface area contributed by atoms with Crippen molar-refractivity contribution in [3.8, 4) is 5.75 Å². The van der Waals surface area contributed by atoms with Crippen LogP contribution in [0.1, 0.15) is 35.5 Å². The number of nitrogens with zero attached hydrogens (tertiary/aromatic N) is 1. The summed E-state index contributed by atoms with van der Waals surface area (Å²) >= 11 is 5.98. The van der Waals surface area contributed by atoms with Crippen LogP contribution in [0.15, 0.2) is 42.5 Å². The third kappa shape index (κ3) is 7.80. The standard InChI is InChI=1S/C25H30ClN3O5.C2H6/c1-17-21(16-24(30)28-10-12-34-14-13-33-11-9-27)22-15-20(32-2)7-8-23(22)29(17)25(31)18-3-5-19(26)6-4-18;1-2/h3-8,15H,9-14,16,27H2,1-2H3,(H,28,30);1-2H3. The monoisotopic (exact) mass is 517 g/mol. The molecule has 0 aliphatic heterocycles. The second-order valence-corrected chi connectivity index (χ2v) is 8.07. The number of halogens is 1. The third-order valence-corrected chi connectivity index (χ3v) is 5.63. The van der Waals surface area contributed by atoms with Crippen molar-refractivity contribution in [1.82, 2.24) is 9.88 Å². The van der Waals surface area contributed by atoms with Crippen molar-refractivity contribution in [3.63, 3.8) is 0 Å². The lowest BCUT2D eigenvalue weighted by Gasteiger charge is -2.09. The van der Waals surface area contributed by atoms with Crippen molar-refractivity contribution < 1.29 is 23.8 Å². The van der Waals surface area contributed by atoms with E-state index in [9.17, 15) is 9.59 Å². The number of hydrogen-bond donors (Lipinski definition) is 2. The Bertz CT molecular complexity index is 1130. The van der Waals surface area contributed by atoms with Gasteiger partial charge >= 0.3 is 0 Å². The molecule has 0 aliphatic carbocycles. The molecule has 2 aromatic carbocycles. The largest absolute Gasteiger partial charge is 0.497 e. The summed E-state index contributed by atoms with van der Waals surface area (Å²) in [5, 5.41) is 4.21. The van der Waals surface area contributed by atoms with Gasteiger partial charge in [-0.1, -0.05) is 25.4 Å². The van der Waals surface area contributed by atoms with E-state index in [4.69, 9.17) is 31.5 Å². The van der Waals surface area contributed by atoms with Gasteiger partial charge in [0.2, 0.25) is 5.91 Å². The Kier molecular flexibility index (Phi) is 12.4. The molecule has 0 saturated heterocycles. The molecule has 1 amide bonds. The minimum Gasteiger partial charge on any atom is -0.497 e. The Hall–Kier alpha value is -2.91. The van der Waals surface area contributed by atoms with Crippen LogP contribution in [-0.4, -0.2) is 63.0 Å². The average molecular weight is 518 g/mol. The lowest BCUT2D eigenvalue weighted by Crippen LogP contribution is -2.29. The Labute approximate surface area is 217 Å². The molecule has 8 nitrogen and oxygen atoms in total. The zero-order valence-electron chi connectivity index (χ0n) is 21.4. The van der Waals surface area contributed by atoms with Gasteiger partial charge in [-0.15, -0.1) is 0 Å². The van der Waals surface area contributed by atoms with Gasteiger partial charge in [0.15, 0.2) is 0 Å². The quantitative estimate of drug-likeness (QED) is 0.352. The van der Waals surface area contributed by atoms with Crippen LogP contribution in [0.2, 0.25) is 5.02 Å². The molecule has 0 aliphatic rings. The Morgan fingerprint density at radius 2 is 1.67 bits per heavy atom. The number of ether oxygens (including phenoxy) is 3. The van der Waals surface area contributed by atoms with Crippen LogP contribution in [-0.2, 0) is 20.7 Å². The minimum atomic E-state index is -0.193. The molecule has 3 aromatic rings. The predicted molar refractivity (Wildman–Crippen MR) is 143 cm³/mol. The average Bonchev–Trinajstić information content (AvgIpc) is 3.17. The lowest BCUT2D eigenvalue weighted by atomic mass is 10.1. The summed E-state index contributed by atoms with van der Waals surface area (Å²) in [7, 11) is 1.58. The Morgan fingerprint density at radius 3 is 2.31 bits per heavy atom. The zero-order chi connectivity index (χ0) is 26.5. The van der Waals surface area contributed by atoms with Gasteiger partial charge in [-0.2, -0.15) is 0 Å². The van der Waals surface area contributed by atoms with Crippen molar-refractivity contribution in [2.75, 3.05) is 46.6 Å². The highest BCUT2D eigenvalue weighted by molar-refractivity contribution is 6.30. The summed E-state index contributed by atoms with van der Waals surface area (Å²) in [5.41, 5.74) is 8.04. The highest BCUT2D eigenvalue weighted by Crippen LogP contribution is 2.30. The van der Waals surface area contributed by atoms with Crippen LogP contribution < -0.4 is 15.8 Å². The van der Waals surface area contributed by atoms with Gasteiger partial charge in [0, 0.05) is 34.8 Å². The third-order valence-electron chi connectivity index (χ3n) is 5.38. The molecule has 1 aromatic heterocycles. The number of rotatable bonds is 12. The molecule has 0 saturated carbocycles. The SMILES string of the molecule is CC.COc1ccc2c(c1)c(CC(=O)NCCOCCOCCN)c(C)n2C(=O)c1ccc(Cl)cc1. The molecule has 0 unspecified atom stereocenters. The summed E-state index contributed by atoms with van der Waals surface area (Å²) in [4.78, 5) is 26.0. The number of carbonyl (C=O) groups excluding carboxylic acids is 2. The van der Waals surface area contributed by atoms with Crippen molar-refractivity contribution in [1.29, 1.82) is 0 Å². The number of methoxy groups -OCH3 is 1. The van der Waals surface area contributed by atoms with Crippen LogP contribution in [0, 0.1) is 6.92 Å². The van der Waals surface area contributed by atoms with E-state index in [2.05, 4.69) is 5.32 Å². The summed E-state index contributed by atoms with van der Waals surface area (Å²) in [6.45, 7) is 8.47. The molecule has 3 N–H and O–H groups in total. The summed E-state index contributed by atoms with van der Waals surface area (Å²) < 4.78 is 17.7. The van der Waals surface area contributed by atoms with E-state index < -0.39 is 0 Å². The molecular formula is C27H36ClN3O5. The summed E-state index contributed by atoms with van der Waals surface area (Å²) in [6.07, 6.45) is 0.121. The molecule has 3 rings (SSSR count). The van der Waals surface area contributed by atoms with Crippen molar-refractivity contribution in [2.24, 2.45) is 5.73 Å². The van der Waals surface area contributed by atoms with Crippen LogP contribution in [0.3, 0.4) is 0 Å². The molecule has 36 heavy (non-hydrogen) atoms.